The number of carbonyl (C=O) groups excluding carboxylic acids is 1. The van der Waals surface area contributed by atoms with Crippen LogP contribution in [0.2, 0.25) is 0 Å². The van der Waals surface area contributed by atoms with Gasteiger partial charge < -0.3 is 10.0 Å². The van der Waals surface area contributed by atoms with Crippen molar-refractivity contribution in [3.8, 4) is 0 Å². The number of aliphatic hydroxyl groups is 1. The van der Waals surface area contributed by atoms with Crippen molar-refractivity contribution in [2.24, 2.45) is 0 Å². The number of amides is 1. The molecular weight excluding hydrogens is 266 g/mol. The number of aromatic nitrogens is 1. The number of nitrogens with zero attached hydrogens (tertiary/aromatic N) is 3. The Morgan fingerprint density at radius 3 is 2.38 bits per heavy atom. The van der Waals surface area contributed by atoms with Crippen molar-refractivity contribution in [2.75, 3.05) is 32.7 Å². The maximum absolute atomic E-state index is 12.5. The maximum atomic E-state index is 12.5. The van der Waals surface area contributed by atoms with E-state index in [0.717, 1.165) is 24.5 Å². The van der Waals surface area contributed by atoms with Crippen molar-refractivity contribution < 1.29 is 9.90 Å². The van der Waals surface area contributed by atoms with Crippen LogP contribution in [0.25, 0.3) is 0 Å². The zero-order valence-corrected chi connectivity index (χ0v) is 13.4. The van der Waals surface area contributed by atoms with E-state index < -0.39 is 5.60 Å². The van der Waals surface area contributed by atoms with Gasteiger partial charge in [0.15, 0.2) is 0 Å². The van der Waals surface area contributed by atoms with Crippen LogP contribution in [0.5, 0.6) is 0 Å². The molecule has 0 unspecified atom stereocenters. The van der Waals surface area contributed by atoms with Crippen molar-refractivity contribution in [3.63, 3.8) is 0 Å². The number of piperazine rings is 1. The third-order valence-electron chi connectivity index (χ3n) is 3.73. The van der Waals surface area contributed by atoms with Crippen molar-refractivity contribution >= 4 is 5.91 Å². The number of carbonyl (C=O) groups is 1. The monoisotopic (exact) mass is 291 g/mol. The number of hydrogen-bond donors (Lipinski definition) is 1. The molecule has 1 aliphatic rings. The maximum Gasteiger partial charge on any atom is 0.255 e. The van der Waals surface area contributed by atoms with Crippen LogP contribution in [-0.4, -0.2) is 64.1 Å². The molecule has 1 fully saturated rings. The largest absolute Gasteiger partial charge is 0.389 e. The molecule has 5 nitrogen and oxygen atoms in total. The summed E-state index contributed by atoms with van der Waals surface area (Å²) in [7, 11) is 0. The third kappa shape index (κ3) is 4.25. The minimum Gasteiger partial charge on any atom is -0.389 e. The molecule has 1 N–H and O–H groups in total. The predicted octanol–water partition coefficient (Wildman–Crippen LogP) is 1.23. The summed E-state index contributed by atoms with van der Waals surface area (Å²) < 4.78 is 0. The molecule has 0 saturated carbocycles. The minimum absolute atomic E-state index is 0.0582. The number of hydrogen-bond acceptors (Lipinski definition) is 4. The van der Waals surface area contributed by atoms with Gasteiger partial charge in [0.2, 0.25) is 0 Å². The SMILES string of the molecule is Cc1ccc(C(=O)N2CCN(CC(C)(C)O)CC2)c(C)n1. The lowest BCUT2D eigenvalue weighted by molar-refractivity contribution is 0.0178. The molecule has 21 heavy (non-hydrogen) atoms. The van der Waals surface area contributed by atoms with Crippen molar-refractivity contribution in [1.29, 1.82) is 0 Å². The summed E-state index contributed by atoms with van der Waals surface area (Å²) in [4.78, 5) is 21.0. The summed E-state index contributed by atoms with van der Waals surface area (Å²) in [5, 5.41) is 9.85. The molecule has 116 valence electrons. The fourth-order valence-electron chi connectivity index (χ4n) is 2.74. The molecule has 0 aromatic carbocycles. The van der Waals surface area contributed by atoms with Crippen LogP contribution in [-0.2, 0) is 0 Å². The number of rotatable bonds is 3. The average molecular weight is 291 g/mol. The summed E-state index contributed by atoms with van der Waals surface area (Å²) in [5.41, 5.74) is 1.72. The van der Waals surface area contributed by atoms with Crippen LogP contribution in [0.1, 0.15) is 35.6 Å². The molecule has 1 saturated heterocycles. The predicted molar refractivity (Wildman–Crippen MR) is 82.4 cm³/mol. The summed E-state index contributed by atoms with van der Waals surface area (Å²) in [5.74, 6) is 0.0582. The molecule has 0 bridgehead atoms. The second kappa shape index (κ2) is 6.12. The average Bonchev–Trinajstić information content (AvgIpc) is 2.37. The highest BCUT2D eigenvalue weighted by atomic mass is 16.3. The van der Waals surface area contributed by atoms with E-state index in [1.807, 2.05) is 44.7 Å². The quantitative estimate of drug-likeness (QED) is 0.910. The topological polar surface area (TPSA) is 56.7 Å². The van der Waals surface area contributed by atoms with Gasteiger partial charge in [-0.1, -0.05) is 0 Å². The van der Waals surface area contributed by atoms with Gasteiger partial charge >= 0.3 is 0 Å². The summed E-state index contributed by atoms with van der Waals surface area (Å²) in [6.07, 6.45) is 0. The minimum atomic E-state index is -0.691. The smallest absolute Gasteiger partial charge is 0.255 e. The highest BCUT2D eigenvalue weighted by molar-refractivity contribution is 5.95. The van der Waals surface area contributed by atoms with Crippen molar-refractivity contribution in [3.05, 3.63) is 29.1 Å². The van der Waals surface area contributed by atoms with Crippen LogP contribution in [0.15, 0.2) is 12.1 Å². The van der Waals surface area contributed by atoms with E-state index in [2.05, 4.69) is 9.88 Å². The van der Waals surface area contributed by atoms with Gasteiger partial charge in [-0.2, -0.15) is 0 Å². The van der Waals surface area contributed by atoms with Gasteiger partial charge in [0, 0.05) is 38.4 Å². The van der Waals surface area contributed by atoms with E-state index in [-0.39, 0.29) is 5.91 Å². The zero-order chi connectivity index (χ0) is 15.6. The zero-order valence-electron chi connectivity index (χ0n) is 13.4. The molecular formula is C16H25N3O2. The molecule has 1 amide bonds. The normalized spacial score (nSPS) is 17.1. The van der Waals surface area contributed by atoms with E-state index in [0.29, 0.717) is 25.2 Å². The van der Waals surface area contributed by atoms with E-state index in [9.17, 15) is 9.90 Å². The van der Waals surface area contributed by atoms with Gasteiger partial charge in [-0.05, 0) is 39.8 Å². The molecule has 0 spiro atoms. The standard InChI is InChI=1S/C16H25N3O2/c1-12-5-6-14(13(2)17-12)15(20)19-9-7-18(8-10-19)11-16(3,4)21/h5-6,21H,7-11H2,1-4H3. The number of aryl methyl sites for hydroxylation is 2. The Bertz CT molecular complexity index is 515. The van der Waals surface area contributed by atoms with Crippen LogP contribution in [0.3, 0.4) is 0 Å². The third-order valence-corrected chi connectivity index (χ3v) is 3.73. The Morgan fingerprint density at radius 2 is 1.86 bits per heavy atom. The van der Waals surface area contributed by atoms with E-state index in [4.69, 9.17) is 0 Å². The van der Waals surface area contributed by atoms with Crippen LogP contribution in [0.4, 0.5) is 0 Å². The van der Waals surface area contributed by atoms with Crippen LogP contribution < -0.4 is 0 Å². The fraction of sp³-hybridized carbons (Fsp3) is 0.625. The molecule has 0 atom stereocenters. The van der Waals surface area contributed by atoms with E-state index >= 15 is 0 Å². The molecule has 1 aliphatic heterocycles. The first-order valence-electron chi connectivity index (χ1n) is 7.44. The molecule has 5 heteroatoms. The second-order valence-corrected chi connectivity index (χ2v) is 6.47. The van der Waals surface area contributed by atoms with Gasteiger partial charge in [0.1, 0.15) is 0 Å². The Balaban J connectivity index is 1.97. The van der Waals surface area contributed by atoms with Crippen molar-refractivity contribution in [1.82, 2.24) is 14.8 Å². The van der Waals surface area contributed by atoms with Crippen LogP contribution in [0, 0.1) is 13.8 Å². The van der Waals surface area contributed by atoms with Gasteiger partial charge in [0.25, 0.3) is 5.91 Å². The summed E-state index contributed by atoms with van der Waals surface area (Å²) >= 11 is 0. The molecule has 1 aromatic heterocycles. The number of β-amino-alcohol motifs (C(OH)–C–C–N with tert-alkyl or cyclic N) is 1. The lowest BCUT2D eigenvalue weighted by atomic mass is 10.1. The number of pyridine rings is 1. The Hall–Kier alpha value is -1.46. The highest BCUT2D eigenvalue weighted by Gasteiger charge is 2.26. The van der Waals surface area contributed by atoms with Gasteiger partial charge in [-0.15, -0.1) is 0 Å². The molecule has 2 rings (SSSR count). The lowest BCUT2D eigenvalue weighted by Crippen LogP contribution is -2.52. The molecule has 1 aromatic rings. The van der Waals surface area contributed by atoms with Crippen LogP contribution >= 0.6 is 0 Å². The molecule has 2 heterocycles. The summed E-state index contributed by atoms with van der Waals surface area (Å²) in [6, 6.07) is 3.74. The molecule has 0 radical (unpaired) electrons. The van der Waals surface area contributed by atoms with Gasteiger partial charge in [-0.25, -0.2) is 0 Å². The molecule has 0 aliphatic carbocycles. The van der Waals surface area contributed by atoms with E-state index in [1.165, 1.54) is 0 Å². The summed E-state index contributed by atoms with van der Waals surface area (Å²) in [6.45, 7) is 11.1. The van der Waals surface area contributed by atoms with E-state index in [1.54, 1.807) is 0 Å². The Kier molecular flexibility index (Phi) is 4.64. The first kappa shape index (κ1) is 15.9. The first-order chi connectivity index (χ1) is 9.76. The Labute approximate surface area is 126 Å². The highest BCUT2D eigenvalue weighted by Crippen LogP contribution is 2.14. The Morgan fingerprint density at radius 1 is 1.24 bits per heavy atom. The second-order valence-electron chi connectivity index (χ2n) is 6.47. The fourth-order valence-corrected chi connectivity index (χ4v) is 2.74. The lowest BCUT2D eigenvalue weighted by Gasteiger charge is -2.37. The van der Waals surface area contributed by atoms with Gasteiger partial charge in [0.05, 0.1) is 16.9 Å². The first-order valence-corrected chi connectivity index (χ1v) is 7.44. The van der Waals surface area contributed by atoms with Gasteiger partial charge in [-0.3, -0.25) is 14.7 Å². The van der Waals surface area contributed by atoms with Crippen molar-refractivity contribution in [2.45, 2.75) is 33.3 Å².